The molecule has 0 aliphatic heterocycles. The summed E-state index contributed by atoms with van der Waals surface area (Å²) < 4.78 is 39.7. The summed E-state index contributed by atoms with van der Waals surface area (Å²) in [7, 11) is 0. The average Bonchev–Trinajstić information content (AvgIpc) is 3.06. The van der Waals surface area contributed by atoms with Crippen molar-refractivity contribution in [3.63, 3.8) is 0 Å². The molecular formula is C21H16F3N5. The first-order chi connectivity index (χ1) is 13.9. The highest BCUT2D eigenvalue weighted by Crippen LogP contribution is 2.30. The van der Waals surface area contributed by atoms with Gasteiger partial charge in [-0.2, -0.15) is 28.5 Å². The molecule has 0 aliphatic carbocycles. The first kappa shape index (κ1) is 18.8. The zero-order chi connectivity index (χ0) is 20.4. The highest BCUT2D eigenvalue weighted by Gasteiger charge is 2.29. The molecule has 4 aromatic rings. The van der Waals surface area contributed by atoms with Crippen LogP contribution < -0.4 is 0 Å². The SMILES string of the molecule is Cc1nn(-c2ccccc2)c2nccc(N=NCc3ccc(C(F)(F)F)cc3)c12. The molecule has 0 fully saturated rings. The van der Waals surface area contributed by atoms with Gasteiger partial charge in [-0.15, -0.1) is 0 Å². The van der Waals surface area contributed by atoms with Gasteiger partial charge in [-0.3, -0.25) is 0 Å². The molecule has 5 nitrogen and oxygen atoms in total. The lowest BCUT2D eigenvalue weighted by molar-refractivity contribution is -0.137. The number of pyridine rings is 1. The number of halogens is 3. The fourth-order valence-corrected chi connectivity index (χ4v) is 3.02. The molecule has 0 radical (unpaired) electrons. The summed E-state index contributed by atoms with van der Waals surface area (Å²) in [6, 6.07) is 16.3. The molecular weight excluding hydrogens is 379 g/mol. The fourth-order valence-electron chi connectivity index (χ4n) is 3.02. The van der Waals surface area contributed by atoms with Gasteiger partial charge in [0.2, 0.25) is 0 Å². The Bertz CT molecular complexity index is 1160. The molecule has 0 bridgehead atoms. The van der Waals surface area contributed by atoms with Crippen molar-refractivity contribution in [2.24, 2.45) is 10.2 Å². The quantitative estimate of drug-likeness (QED) is 0.396. The van der Waals surface area contributed by atoms with E-state index in [1.165, 1.54) is 12.1 Å². The molecule has 0 N–H and O–H groups in total. The lowest BCUT2D eigenvalue weighted by atomic mass is 10.1. The van der Waals surface area contributed by atoms with E-state index in [0.29, 0.717) is 16.9 Å². The number of nitrogens with zero attached hydrogens (tertiary/aromatic N) is 5. The van der Waals surface area contributed by atoms with Crippen molar-refractivity contribution in [2.75, 3.05) is 0 Å². The van der Waals surface area contributed by atoms with Crippen LogP contribution >= 0.6 is 0 Å². The van der Waals surface area contributed by atoms with E-state index in [0.717, 1.165) is 28.9 Å². The van der Waals surface area contributed by atoms with Crippen LogP contribution in [0, 0.1) is 6.92 Å². The number of benzene rings is 2. The van der Waals surface area contributed by atoms with Crippen LogP contribution in [0.1, 0.15) is 16.8 Å². The number of hydrogen-bond acceptors (Lipinski definition) is 4. The van der Waals surface area contributed by atoms with Crippen LogP contribution in [0.4, 0.5) is 18.9 Å². The van der Waals surface area contributed by atoms with Crippen LogP contribution in [0.25, 0.3) is 16.7 Å². The van der Waals surface area contributed by atoms with Crippen molar-refractivity contribution in [1.82, 2.24) is 14.8 Å². The molecule has 0 atom stereocenters. The molecule has 0 unspecified atom stereocenters. The van der Waals surface area contributed by atoms with Crippen molar-refractivity contribution in [3.8, 4) is 5.69 Å². The van der Waals surface area contributed by atoms with Crippen LogP contribution in [0.15, 0.2) is 77.1 Å². The Morgan fingerprint density at radius 2 is 1.69 bits per heavy atom. The predicted molar refractivity (Wildman–Crippen MR) is 103 cm³/mol. The fraction of sp³-hybridized carbons (Fsp3) is 0.143. The zero-order valence-electron chi connectivity index (χ0n) is 15.4. The Hall–Kier alpha value is -3.55. The summed E-state index contributed by atoms with van der Waals surface area (Å²) in [5, 5.41) is 13.8. The van der Waals surface area contributed by atoms with Crippen LogP contribution in [-0.4, -0.2) is 14.8 Å². The van der Waals surface area contributed by atoms with E-state index in [9.17, 15) is 13.2 Å². The first-order valence-corrected chi connectivity index (χ1v) is 8.87. The van der Waals surface area contributed by atoms with Crippen LogP contribution in [0.3, 0.4) is 0 Å². The Kier molecular flexibility index (Phi) is 4.84. The summed E-state index contributed by atoms with van der Waals surface area (Å²) in [6.45, 7) is 2.05. The normalized spacial score (nSPS) is 12.1. The zero-order valence-corrected chi connectivity index (χ0v) is 15.4. The highest BCUT2D eigenvalue weighted by atomic mass is 19.4. The Balaban J connectivity index is 1.61. The molecule has 8 heteroatoms. The van der Waals surface area contributed by atoms with E-state index in [4.69, 9.17) is 0 Å². The van der Waals surface area contributed by atoms with E-state index in [1.54, 1.807) is 16.9 Å². The van der Waals surface area contributed by atoms with Gasteiger partial charge in [0.25, 0.3) is 0 Å². The van der Waals surface area contributed by atoms with Crippen molar-refractivity contribution in [3.05, 3.63) is 83.7 Å². The number of hydrogen-bond donors (Lipinski definition) is 0. The molecule has 2 aromatic heterocycles. The van der Waals surface area contributed by atoms with E-state index in [2.05, 4.69) is 20.3 Å². The van der Waals surface area contributed by atoms with Gasteiger partial charge in [0, 0.05) is 6.20 Å². The van der Waals surface area contributed by atoms with Gasteiger partial charge < -0.3 is 0 Å². The van der Waals surface area contributed by atoms with Gasteiger partial charge in [-0.25, -0.2) is 9.67 Å². The Labute approximate surface area is 164 Å². The maximum Gasteiger partial charge on any atom is 0.416 e. The molecule has 4 rings (SSSR count). The van der Waals surface area contributed by atoms with Gasteiger partial charge in [0.15, 0.2) is 5.65 Å². The van der Waals surface area contributed by atoms with Crippen molar-refractivity contribution in [2.45, 2.75) is 19.6 Å². The third kappa shape index (κ3) is 3.87. The molecule has 2 aromatic carbocycles. The van der Waals surface area contributed by atoms with Crippen LogP contribution in [0.5, 0.6) is 0 Å². The number of azo groups is 1. The number of rotatable bonds is 4. The van der Waals surface area contributed by atoms with Crippen molar-refractivity contribution >= 4 is 16.7 Å². The first-order valence-electron chi connectivity index (χ1n) is 8.87. The van der Waals surface area contributed by atoms with Gasteiger partial charge >= 0.3 is 6.18 Å². The summed E-state index contributed by atoms with van der Waals surface area (Å²) in [5.74, 6) is 0. The predicted octanol–water partition coefficient (Wildman–Crippen LogP) is 6.03. The molecule has 0 aliphatic rings. The number of alkyl halides is 3. The molecule has 0 amide bonds. The molecule has 0 saturated heterocycles. The monoisotopic (exact) mass is 395 g/mol. The number of para-hydroxylation sites is 1. The molecule has 29 heavy (non-hydrogen) atoms. The van der Waals surface area contributed by atoms with Crippen LogP contribution in [0.2, 0.25) is 0 Å². The third-order valence-corrected chi connectivity index (χ3v) is 4.44. The summed E-state index contributed by atoms with van der Waals surface area (Å²) in [4.78, 5) is 4.43. The smallest absolute Gasteiger partial charge is 0.236 e. The maximum absolute atomic E-state index is 12.6. The van der Waals surface area contributed by atoms with Gasteiger partial charge in [-0.05, 0) is 42.8 Å². The molecule has 0 saturated carbocycles. The second kappa shape index (κ2) is 7.46. The lowest BCUT2D eigenvalue weighted by Gasteiger charge is -2.06. The summed E-state index contributed by atoms with van der Waals surface area (Å²) in [5.41, 5.74) is 2.89. The van der Waals surface area contributed by atoms with E-state index < -0.39 is 11.7 Å². The van der Waals surface area contributed by atoms with Crippen molar-refractivity contribution < 1.29 is 13.2 Å². The van der Waals surface area contributed by atoms with E-state index in [1.807, 2.05) is 37.3 Å². The highest BCUT2D eigenvalue weighted by molar-refractivity contribution is 5.90. The van der Waals surface area contributed by atoms with E-state index >= 15 is 0 Å². The minimum absolute atomic E-state index is 0.174. The number of fused-ring (bicyclic) bond motifs is 1. The largest absolute Gasteiger partial charge is 0.416 e. The van der Waals surface area contributed by atoms with Gasteiger partial charge in [0.05, 0.1) is 34.6 Å². The lowest BCUT2D eigenvalue weighted by Crippen LogP contribution is -2.04. The summed E-state index contributed by atoms with van der Waals surface area (Å²) >= 11 is 0. The topological polar surface area (TPSA) is 55.4 Å². The third-order valence-electron chi connectivity index (χ3n) is 4.44. The standard InChI is InChI=1S/C21H16F3N5/c1-14-19-18(27-26-13-15-7-9-16(10-8-15)21(22,23)24)11-12-25-20(19)29(28-14)17-5-3-2-4-6-17/h2-12H,13H2,1H3. The molecule has 2 heterocycles. The minimum atomic E-state index is -4.35. The number of aromatic nitrogens is 3. The molecule has 0 spiro atoms. The second-order valence-corrected chi connectivity index (χ2v) is 6.46. The number of aryl methyl sites for hydroxylation is 1. The Morgan fingerprint density at radius 3 is 2.38 bits per heavy atom. The second-order valence-electron chi connectivity index (χ2n) is 6.46. The van der Waals surface area contributed by atoms with Crippen LogP contribution in [-0.2, 0) is 12.7 Å². The maximum atomic E-state index is 12.6. The summed E-state index contributed by atoms with van der Waals surface area (Å²) in [6.07, 6.45) is -2.71. The van der Waals surface area contributed by atoms with Gasteiger partial charge in [-0.1, -0.05) is 30.3 Å². The Morgan fingerprint density at radius 1 is 0.966 bits per heavy atom. The molecule has 146 valence electrons. The van der Waals surface area contributed by atoms with E-state index in [-0.39, 0.29) is 6.54 Å². The van der Waals surface area contributed by atoms with Crippen molar-refractivity contribution in [1.29, 1.82) is 0 Å². The van der Waals surface area contributed by atoms with Gasteiger partial charge in [0.1, 0.15) is 0 Å². The minimum Gasteiger partial charge on any atom is -0.236 e. The average molecular weight is 395 g/mol.